The van der Waals surface area contributed by atoms with Crippen LogP contribution in [-0.4, -0.2) is 55.4 Å². The number of carbonyl (C=O) groups is 1. The second-order valence-electron chi connectivity index (χ2n) is 5.93. The molecule has 6 heteroatoms. The lowest BCUT2D eigenvalue weighted by Gasteiger charge is -2.34. The Kier molecular flexibility index (Phi) is 4.50. The molecule has 1 N–H and O–H groups in total. The van der Waals surface area contributed by atoms with E-state index in [4.69, 9.17) is 0 Å². The summed E-state index contributed by atoms with van der Waals surface area (Å²) in [7, 11) is -2.96. The fourth-order valence-electron chi connectivity index (χ4n) is 2.99. The molecule has 0 aromatic heterocycles. The van der Waals surface area contributed by atoms with Crippen LogP contribution in [0.2, 0.25) is 0 Å². The Morgan fingerprint density at radius 3 is 2.63 bits per heavy atom. The van der Waals surface area contributed by atoms with Crippen LogP contribution in [0.3, 0.4) is 0 Å². The Morgan fingerprint density at radius 2 is 2.05 bits per heavy atom. The van der Waals surface area contributed by atoms with Crippen molar-refractivity contribution in [3.8, 4) is 0 Å². The van der Waals surface area contributed by atoms with Crippen LogP contribution in [-0.2, 0) is 14.6 Å². The number of sulfone groups is 1. The molecule has 0 spiro atoms. The van der Waals surface area contributed by atoms with E-state index >= 15 is 0 Å². The molecule has 0 saturated carbocycles. The van der Waals surface area contributed by atoms with Crippen molar-refractivity contribution in [2.24, 2.45) is 0 Å². The van der Waals surface area contributed by atoms with Gasteiger partial charge in [0, 0.05) is 19.1 Å². The summed E-state index contributed by atoms with van der Waals surface area (Å²) in [4.78, 5) is 14.1. The number of nitrogens with zero attached hydrogens (tertiary/aromatic N) is 1. The fraction of sp³-hybridized carbons (Fsp3) is 0.923. The SMILES string of the molecule is CC(C)NC1CCCN(CC2CCCS2(=O)=O)C1=O. The van der Waals surface area contributed by atoms with Crippen LogP contribution in [0.15, 0.2) is 0 Å². The van der Waals surface area contributed by atoms with Gasteiger partial charge in [-0.3, -0.25) is 4.79 Å². The van der Waals surface area contributed by atoms with Gasteiger partial charge in [0.05, 0.1) is 17.0 Å². The number of nitrogens with one attached hydrogen (secondary N) is 1. The lowest BCUT2D eigenvalue weighted by Crippen LogP contribution is -2.54. The van der Waals surface area contributed by atoms with E-state index in [2.05, 4.69) is 5.32 Å². The molecule has 0 aromatic carbocycles. The maximum absolute atomic E-state index is 12.3. The zero-order valence-electron chi connectivity index (χ0n) is 11.8. The van der Waals surface area contributed by atoms with E-state index in [1.165, 1.54) is 0 Å². The van der Waals surface area contributed by atoms with Gasteiger partial charge >= 0.3 is 0 Å². The standard InChI is InChI=1S/C13H24N2O3S/c1-10(2)14-12-6-3-7-15(13(12)16)9-11-5-4-8-19(11,17)18/h10-12,14H,3-9H2,1-2H3. The first-order chi connectivity index (χ1) is 8.90. The number of amides is 1. The molecular formula is C13H24N2O3S. The number of carbonyl (C=O) groups excluding carboxylic acids is 1. The number of hydrogen-bond acceptors (Lipinski definition) is 4. The summed E-state index contributed by atoms with van der Waals surface area (Å²) in [6.07, 6.45) is 3.24. The van der Waals surface area contributed by atoms with E-state index in [1.807, 2.05) is 13.8 Å². The second-order valence-corrected chi connectivity index (χ2v) is 8.33. The van der Waals surface area contributed by atoms with Crippen molar-refractivity contribution in [1.82, 2.24) is 10.2 Å². The quantitative estimate of drug-likeness (QED) is 0.820. The zero-order chi connectivity index (χ0) is 14.0. The molecule has 2 heterocycles. The van der Waals surface area contributed by atoms with Crippen molar-refractivity contribution < 1.29 is 13.2 Å². The van der Waals surface area contributed by atoms with Crippen molar-refractivity contribution in [3.63, 3.8) is 0 Å². The van der Waals surface area contributed by atoms with Crippen LogP contribution in [0.5, 0.6) is 0 Å². The molecule has 2 aliphatic rings. The molecule has 5 nitrogen and oxygen atoms in total. The van der Waals surface area contributed by atoms with E-state index in [0.29, 0.717) is 19.5 Å². The van der Waals surface area contributed by atoms with E-state index in [9.17, 15) is 13.2 Å². The van der Waals surface area contributed by atoms with Gasteiger partial charge in [-0.05, 0) is 25.7 Å². The highest BCUT2D eigenvalue weighted by Gasteiger charge is 2.36. The Bertz CT molecular complexity index is 433. The van der Waals surface area contributed by atoms with Crippen molar-refractivity contribution in [3.05, 3.63) is 0 Å². The molecule has 0 radical (unpaired) electrons. The van der Waals surface area contributed by atoms with Gasteiger partial charge < -0.3 is 10.2 Å². The third kappa shape index (κ3) is 3.48. The highest BCUT2D eigenvalue weighted by Crippen LogP contribution is 2.23. The zero-order valence-corrected chi connectivity index (χ0v) is 12.6. The average molecular weight is 288 g/mol. The molecule has 110 valence electrons. The lowest BCUT2D eigenvalue weighted by molar-refractivity contribution is -0.136. The summed E-state index contributed by atoms with van der Waals surface area (Å²) < 4.78 is 23.7. The minimum Gasteiger partial charge on any atom is -0.340 e. The average Bonchev–Trinajstić information content (AvgIpc) is 2.63. The summed E-state index contributed by atoms with van der Waals surface area (Å²) in [6.45, 7) is 5.12. The normalized spacial score (nSPS) is 31.1. The third-order valence-electron chi connectivity index (χ3n) is 3.95. The number of hydrogen-bond donors (Lipinski definition) is 1. The van der Waals surface area contributed by atoms with Crippen molar-refractivity contribution in [1.29, 1.82) is 0 Å². The van der Waals surface area contributed by atoms with Gasteiger partial charge in [0.25, 0.3) is 0 Å². The largest absolute Gasteiger partial charge is 0.340 e. The molecule has 2 fully saturated rings. The molecule has 2 unspecified atom stereocenters. The number of likely N-dealkylation sites (tertiary alicyclic amines) is 1. The molecule has 2 rings (SSSR count). The van der Waals surface area contributed by atoms with Gasteiger partial charge in [0.1, 0.15) is 0 Å². The minimum atomic E-state index is -2.96. The van der Waals surface area contributed by atoms with Crippen LogP contribution >= 0.6 is 0 Å². The van der Waals surface area contributed by atoms with Gasteiger partial charge in [-0.15, -0.1) is 0 Å². The van der Waals surface area contributed by atoms with Crippen LogP contribution in [0.4, 0.5) is 0 Å². The summed E-state index contributed by atoms with van der Waals surface area (Å²) in [6, 6.07) is 0.127. The first-order valence-corrected chi connectivity index (χ1v) is 8.88. The highest BCUT2D eigenvalue weighted by molar-refractivity contribution is 7.92. The molecule has 0 aliphatic carbocycles. The Balaban J connectivity index is 1.98. The molecule has 0 bridgehead atoms. The monoisotopic (exact) mass is 288 g/mol. The smallest absolute Gasteiger partial charge is 0.239 e. The van der Waals surface area contributed by atoms with Crippen LogP contribution in [0, 0.1) is 0 Å². The third-order valence-corrected chi connectivity index (χ3v) is 6.21. The topological polar surface area (TPSA) is 66.5 Å². The van der Waals surface area contributed by atoms with E-state index in [-0.39, 0.29) is 29.0 Å². The summed E-state index contributed by atoms with van der Waals surface area (Å²) in [5, 5.41) is 2.93. The van der Waals surface area contributed by atoms with Gasteiger partial charge in [-0.1, -0.05) is 13.8 Å². The summed E-state index contributed by atoms with van der Waals surface area (Å²) >= 11 is 0. The predicted molar refractivity (Wildman–Crippen MR) is 74.7 cm³/mol. The molecule has 19 heavy (non-hydrogen) atoms. The Labute approximate surface area is 115 Å². The van der Waals surface area contributed by atoms with E-state index in [1.54, 1.807) is 4.90 Å². The summed E-state index contributed by atoms with van der Waals surface area (Å²) in [5.74, 6) is 0.356. The molecule has 2 aliphatic heterocycles. The van der Waals surface area contributed by atoms with Crippen LogP contribution in [0.25, 0.3) is 0 Å². The molecular weight excluding hydrogens is 264 g/mol. The number of piperidine rings is 1. The molecule has 1 amide bonds. The van der Waals surface area contributed by atoms with Gasteiger partial charge in [0.2, 0.25) is 5.91 Å². The molecule has 2 atom stereocenters. The molecule has 0 aromatic rings. The van der Waals surface area contributed by atoms with E-state index < -0.39 is 9.84 Å². The van der Waals surface area contributed by atoms with Crippen LogP contribution < -0.4 is 5.32 Å². The molecule has 2 saturated heterocycles. The van der Waals surface area contributed by atoms with Crippen molar-refractivity contribution >= 4 is 15.7 Å². The first-order valence-electron chi connectivity index (χ1n) is 7.16. The van der Waals surface area contributed by atoms with Gasteiger partial charge in [0.15, 0.2) is 9.84 Å². The van der Waals surface area contributed by atoms with Crippen molar-refractivity contribution in [2.45, 2.75) is 56.9 Å². The fourth-order valence-corrected chi connectivity index (χ4v) is 4.82. The minimum absolute atomic E-state index is 0.0713. The second kappa shape index (κ2) is 5.79. The van der Waals surface area contributed by atoms with Crippen molar-refractivity contribution in [2.75, 3.05) is 18.8 Å². The maximum atomic E-state index is 12.3. The Hall–Kier alpha value is -0.620. The lowest BCUT2D eigenvalue weighted by atomic mass is 10.0. The Morgan fingerprint density at radius 1 is 1.32 bits per heavy atom. The van der Waals surface area contributed by atoms with Crippen LogP contribution in [0.1, 0.15) is 39.5 Å². The first kappa shape index (κ1) is 14.8. The predicted octanol–water partition coefficient (Wildman–Crippen LogP) is 0.553. The highest BCUT2D eigenvalue weighted by atomic mass is 32.2. The van der Waals surface area contributed by atoms with E-state index in [0.717, 1.165) is 19.3 Å². The maximum Gasteiger partial charge on any atom is 0.239 e. The summed E-state index contributed by atoms with van der Waals surface area (Å²) in [5.41, 5.74) is 0. The van der Waals surface area contributed by atoms with Gasteiger partial charge in [-0.2, -0.15) is 0 Å². The van der Waals surface area contributed by atoms with Gasteiger partial charge in [-0.25, -0.2) is 8.42 Å². The number of rotatable bonds is 4.